The Morgan fingerprint density at radius 1 is 1.27 bits per heavy atom. The third-order valence-corrected chi connectivity index (χ3v) is 1.47. The third-order valence-electron chi connectivity index (χ3n) is 1.47. The highest BCUT2D eigenvalue weighted by Gasteiger charge is 2.23. The first kappa shape index (κ1) is 13.7. The van der Waals surface area contributed by atoms with Crippen molar-refractivity contribution in [1.29, 1.82) is 0 Å². The fourth-order valence-electron chi connectivity index (χ4n) is 0.679. The first-order chi connectivity index (χ1) is 6.77. The van der Waals surface area contributed by atoms with Gasteiger partial charge in [-0.15, -0.1) is 0 Å². The first-order valence-electron chi connectivity index (χ1n) is 4.84. The topological polar surface area (TPSA) is 52.6 Å². The molecule has 0 bridgehead atoms. The number of ether oxygens (including phenoxy) is 2. The van der Waals surface area contributed by atoms with Gasteiger partial charge >= 0.3 is 11.9 Å². The predicted molar refractivity (Wildman–Crippen MR) is 55.9 cm³/mol. The zero-order chi connectivity index (χ0) is 12.1. The molecule has 0 fully saturated rings. The van der Waals surface area contributed by atoms with Gasteiger partial charge in [-0.25, -0.2) is 4.79 Å². The van der Waals surface area contributed by atoms with Crippen LogP contribution in [0, 0.1) is 5.41 Å². The molecule has 0 aliphatic rings. The van der Waals surface area contributed by atoms with E-state index < -0.39 is 11.4 Å². The van der Waals surface area contributed by atoms with E-state index in [2.05, 4.69) is 4.74 Å². The Labute approximate surface area is 90.2 Å². The summed E-state index contributed by atoms with van der Waals surface area (Å²) in [7, 11) is 0. The summed E-state index contributed by atoms with van der Waals surface area (Å²) < 4.78 is 9.63. The molecule has 0 aliphatic heterocycles. The highest BCUT2D eigenvalue weighted by atomic mass is 16.5. The molecule has 0 aliphatic carbocycles. The molecule has 0 rings (SSSR count). The highest BCUT2D eigenvalue weighted by molar-refractivity contribution is 5.83. The highest BCUT2D eigenvalue weighted by Crippen LogP contribution is 2.17. The maximum Gasteiger partial charge on any atom is 0.334 e. The normalized spacial score (nSPS) is 12.2. The van der Waals surface area contributed by atoms with E-state index in [0.717, 1.165) is 6.08 Å². The van der Waals surface area contributed by atoms with Gasteiger partial charge in [0, 0.05) is 0 Å². The van der Waals surface area contributed by atoms with Crippen molar-refractivity contribution in [1.82, 2.24) is 0 Å². The number of esters is 2. The Bertz CT molecular complexity index is 271. The van der Waals surface area contributed by atoms with Crippen molar-refractivity contribution < 1.29 is 19.1 Å². The van der Waals surface area contributed by atoms with Crippen LogP contribution in [0.1, 0.15) is 34.6 Å². The molecular formula is C11H18O4. The Hall–Kier alpha value is -1.32. The van der Waals surface area contributed by atoms with E-state index in [1.807, 2.05) is 0 Å². The van der Waals surface area contributed by atoms with Gasteiger partial charge in [-0.2, -0.15) is 0 Å². The molecule has 0 N–H and O–H groups in total. The van der Waals surface area contributed by atoms with Gasteiger partial charge in [0.25, 0.3) is 0 Å². The average molecular weight is 214 g/mol. The van der Waals surface area contributed by atoms with Gasteiger partial charge in [0.15, 0.2) is 0 Å². The van der Waals surface area contributed by atoms with Crippen molar-refractivity contribution in [3.05, 3.63) is 11.8 Å². The molecule has 0 saturated carbocycles. The SMILES string of the molecule is CCOC(=O)/C=C(\C)OC(=O)C(C)(C)C. The van der Waals surface area contributed by atoms with Crippen molar-refractivity contribution >= 4 is 11.9 Å². The van der Waals surface area contributed by atoms with Crippen LogP contribution in [0.2, 0.25) is 0 Å². The average Bonchev–Trinajstić information content (AvgIpc) is 2.01. The Morgan fingerprint density at radius 2 is 1.80 bits per heavy atom. The first-order valence-corrected chi connectivity index (χ1v) is 4.84. The van der Waals surface area contributed by atoms with E-state index in [1.165, 1.54) is 0 Å². The molecule has 0 radical (unpaired) electrons. The van der Waals surface area contributed by atoms with Crippen LogP contribution in [0.3, 0.4) is 0 Å². The molecule has 0 spiro atoms. The monoisotopic (exact) mass is 214 g/mol. The molecule has 86 valence electrons. The van der Waals surface area contributed by atoms with Crippen LogP contribution in [0.5, 0.6) is 0 Å². The largest absolute Gasteiger partial charge is 0.463 e. The molecule has 15 heavy (non-hydrogen) atoms. The van der Waals surface area contributed by atoms with Gasteiger partial charge in [-0.05, 0) is 34.6 Å². The van der Waals surface area contributed by atoms with Gasteiger partial charge < -0.3 is 9.47 Å². The van der Waals surface area contributed by atoms with Crippen molar-refractivity contribution in [3.8, 4) is 0 Å². The number of carbonyl (C=O) groups excluding carboxylic acids is 2. The van der Waals surface area contributed by atoms with Crippen LogP contribution >= 0.6 is 0 Å². The number of hydrogen-bond acceptors (Lipinski definition) is 4. The maximum absolute atomic E-state index is 11.4. The molecule has 0 heterocycles. The fraction of sp³-hybridized carbons (Fsp3) is 0.636. The minimum Gasteiger partial charge on any atom is -0.463 e. The second-order valence-corrected chi connectivity index (χ2v) is 4.15. The number of allylic oxidation sites excluding steroid dienone is 1. The van der Waals surface area contributed by atoms with E-state index in [9.17, 15) is 9.59 Å². The lowest BCUT2D eigenvalue weighted by Gasteiger charge is -2.16. The quantitative estimate of drug-likeness (QED) is 0.410. The molecule has 0 saturated heterocycles. The standard InChI is InChI=1S/C11H18O4/c1-6-14-9(12)7-8(2)15-10(13)11(3,4)5/h7H,6H2,1-5H3/b8-7+. The van der Waals surface area contributed by atoms with E-state index >= 15 is 0 Å². The minimum absolute atomic E-state index is 0.244. The van der Waals surface area contributed by atoms with E-state index in [4.69, 9.17) is 4.74 Å². The molecule has 0 atom stereocenters. The zero-order valence-corrected chi connectivity index (χ0v) is 9.92. The summed E-state index contributed by atoms with van der Waals surface area (Å²) in [5.41, 5.74) is -0.580. The van der Waals surface area contributed by atoms with Gasteiger partial charge in [-0.1, -0.05) is 0 Å². The molecule has 4 heteroatoms. The lowest BCUT2D eigenvalue weighted by atomic mass is 9.97. The fourth-order valence-corrected chi connectivity index (χ4v) is 0.679. The Balaban J connectivity index is 4.31. The summed E-state index contributed by atoms with van der Waals surface area (Å²) in [6, 6.07) is 0. The maximum atomic E-state index is 11.4. The van der Waals surface area contributed by atoms with Crippen LogP contribution in [-0.2, 0) is 19.1 Å². The van der Waals surface area contributed by atoms with Crippen molar-refractivity contribution in [3.63, 3.8) is 0 Å². The molecular weight excluding hydrogens is 196 g/mol. The van der Waals surface area contributed by atoms with Crippen LogP contribution in [0.4, 0.5) is 0 Å². The molecule has 0 aromatic heterocycles. The summed E-state index contributed by atoms with van der Waals surface area (Å²) in [5.74, 6) is -0.634. The smallest absolute Gasteiger partial charge is 0.334 e. The van der Waals surface area contributed by atoms with Crippen molar-refractivity contribution in [2.75, 3.05) is 6.61 Å². The van der Waals surface area contributed by atoms with E-state index in [1.54, 1.807) is 34.6 Å². The zero-order valence-electron chi connectivity index (χ0n) is 9.92. The molecule has 0 aromatic carbocycles. The minimum atomic E-state index is -0.580. The molecule has 0 amide bonds. The third kappa shape index (κ3) is 5.88. The molecule has 0 unspecified atom stereocenters. The Kier molecular flexibility index (Phi) is 5.05. The van der Waals surface area contributed by atoms with E-state index in [0.29, 0.717) is 6.61 Å². The summed E-state index contributed by atoms with van der Waals surface area (Å²) >= 11 is 0. The number of carbonyl (C=O) groups is 2. The number of hydrogen-bond donors (Lipinski definition) is 0. The van der Waals surface area contributed by atoms with Crippen molar-refractivity contribution in [2.24, 2.45) is 5.41 Å². The van der Waals surface area contributed by atoms with Crippen molar-refractivity contribution in [2.45, 2.75) is 34.6 Å². The van der Waals surface area contributed by atoms with Gasteiger partial charge in [0.2, 0.25) is 0 Å². The van der Waals surface area contributed by atoms with E-state index in [-0.39, 0.29) is 11.7 Å². The molecule has 0 aromatic rings. The van der Waals surface area contributed by atoms with Gasteiger partial charge in [0.05, 0.1) is 18.1 Å². The second kappa shape index (κ2) is 5.53. The van der Waals surface area contributed by atoms with Gasteiger partial charge in [0.1, 0.15) is 5.76 Å². The van der Waals surface area contributed by atoms with Crippen LogP contribution < -0.4 is 0 Å². The molecule has 4 nitrogen and oxygen atoms in total. The van der Waals surface area contributed by atoms with Gasteiger partial charge in [-0.3, -0.25) is 4.79 Å². The lowest BCUT2D eigenvalue weighted by molar-refractivity contribution is -0.148. The lowest BCUT2D eigenvalue weighted by Crippen LogP contribution is -2.22. The summed E-state index contributed by atoms with van der Waals surface area (Å²) in [6.45, 7) is 8.78. The predicted octanol–water partition coefficient (Wildman–Crippen LogP) is 2.04. The Morgan fingerprint density at radius 3 is 2.20 bits per heavy atom. The van der Waals surface area contributed by atoms with Crippen LogP contribution in [0.15, 0.2) is 11.8 Å². The second-order valence-electron chi connectivity index (χ2n) is 4.15. The summed E-state index contributed by atoms with van der Waals surface area (Å²) in [4.78, 5) is 22.4. The number of rotatable bonds is 3. The summed E-state index contributed by atoms with van der Waals surface area (Å²) in [5, 5.41) is 0. The van der Waals surface area contributed by atoms with Crippen LogP contribution in [0.25, 0.3) is 0 Å². The van der Waals surface area contributed by atoms with Crippen LogP contribution in [-0.4, -0.2) is 18.5 Å². The summed E-state index contributed by atoms with van der Waals surface area (Å²) in [6.07, 6.45) is 1.16.